The summed E-state index contributed by atoms with van der Waals surface area (Å²) in [5.74, 6) is 1.36. The number of furan rings is 1. The van der Waals surface area contributed by atoms with E-state index in [-0.39, 0.29) is 11.7 Å². The second-order valence-corrected chi connectivity index (χ2v) is 8.55. The highest BCUT2D eigenvalue weighted by atomic mass is 32.2. The van der Waals surface area contributed by atoms with Gasteiger partial charge in [-0.25, -0.2) is 0 Å². The van der Waals surface area contributed by atoms with Crippen molar-refractivity contribution in [2.45, 2.75) is 11.7 Å². The Labute approximate surface area is 201 Å². The first kappa shape index (κ1) is 21.7. The number of amides is 1. The van der Waals surface area contributed by atoms with Crippen LogP contribution in [0.3, 0.4) is 0 Å². The Balaban J connectivity index is 1.33. The van der Waals surface area contributed by atoms with Crippen LogP contribution >= 0.6 is 11.8 Å². The molecule has 0 atom stereocenters. The third-order valence-electron chi connectivity index (χ3n) is 5.26. The van der Waals surface area contributed by atoms with E-state index in [9.17, 15) is 4.79 Å². The van der Waals surface area contributed by atoms with Crippen LogP contribution in [0.25, 0.3) is 22.7 Å². The van der Waals surface area contributed by atoms with Crippen molar-refractivity contribution in [2.24, 2.45) is 0 Å². The molecule has 1 amide bonds. The quantitative estimate of drug-likeness (QED) is 0.285. The standard InChI is InChI=1S/C27H22N4O2S/c32-25(28-23-15-8-7-14-22(23)21-12-5-2-6-13-21)19-34-27-30-29-26(24-16-9-17-33-24)31(27)18-20-10-3-1-4-11-20/h1-17H,18-19H2,(H,28,32). The van der Waals surface area contributed by atoms with Gasteiger partial charge >= 0.3 is 0 Å². The number of anilines is 1. The highest BCUT2D eigenvalue weighted by molar-refractivity contribution is 7.99. The number of rotatable bonds is 8. The van der Waals surface area contributed by atoms with Gasteiger partial charge in [-0.05, 0) is 29.3 Å². The Bertz CT molecular complexity index is 1370. The van der Waals surface area contributed by atoms with Crippen LogP contribution in [0.1, 0.15) is 5.56 Å². The molecule has 0 unspecified atom stereocenters. The highest BCUT2D eigenvalue weighted by Crippen LogP contribution is 2.29. The van der Waals surface area contributed by atoms with Gasteiger partial charge in [0.05, 0.1) is 18.6 Å². The van der Waals surface area contributed by atoms with Crippen molar-refractivity contribution in [1.29, 1.82) is 0 Å². The van der Waals surface area contributed by atoms with E-state index < -0.39 is 0 Å². The van der Waals surface area contributed by atoms with Crippen LogP contribution in [0.2, 0.25) is 0 Å². The van der Waals surface area contributed by atoms with E-state index in [1.165, 1.54) is 11.8 Å². The first-order valence-corrected chi connectivity index (χ1v) is 11.8. The van der Waals surface area contributed by atoms with Gasteiger partial charge in [-0.15, -0.1) is 10.2 Å². The van der Waals surface area contributed by atoms with Crippen LogP contribution in [0.4, 0.5) is 5.69 Å². The molecule has 6 nitrogen and oxygen atoms in total. The molecule has 0 aliphatic rings. The van der Waals surface area contributed by atoms with Crippen molar-refractivity contribution in [3.8, 4) is 22.7 Å². The lowest BCUT2D eigenvalue weighted by molar-refractivity contribution is -0.113. The maximum Gasteiger partial charge on any atom is 0.234 e. The minimum absolute atomic E-state index is 0.109. The maximum absolute atomic E-state index is 12.9. The van der Waals surface area contributed by atoms with Crippen LogP contribution < -0.4 is 5.32 Å². The number of aromatic nitrogens is 3. The van der Waals surface area contributed by atoms with E-state index in [4.69, 9.17) is 4.42 Å². The van der Waals surface area contributed by atoms with E-state index >= 15 is 0 Å². The fourth-order valence-electron chi connectivity index (χ4n) is 3.67. The van der Waals surface area contributed by atoms with Crippen LogP contribution in [0.15, 0.2) is 113 Å². The van der Waals surface area contributed by atoms with E-state index in [1.54, 1.807) is 6.26 Å². The Hall–Kier alpha value is -4.10. The van der Waals surface area contributed by atoms with Gasteiger partial charge in [0, 0.05) is 11.3 Å². The van der Waals surface area contributed by atoms with Gasteiger partial charge in [-0.1, -0.05) is 90.6 Å². The van der Waals surface area contributed by atoms with Crippen LogP contribution in [0, 0.1) is 0 Å². The summed E-state index contributed by atoms with van der Waals surface area (Å²) in [4.78, 5) is 12.9. The molecule has 0 spiro atoms. The zero-order chi connectivity index (χ0) is 23.2. The molecule has 5 rings (SSSR count). The molecule has 0 bridgehead atoms. The smallest absolute Gasteiger partial charge is 0.234 e. The van der Waals surface area contributed by atoms with Gasteiger partial charge in [0.15, 0.2) is 10.9 Å². The number of para-hydroxylation sites is 1. The molecule has 0 saturated carbocycles. The molecule has 2 aromatic heterocycles. The minimum Gasteiger partial charge on any atom is -0.461 e. The van der Waals surface area contributed by atoms with Gasteiger partial charge in [0.1, 0.15) is 0 Å². The van der Waals surface area contributed by atoms with Crippen LogP contribution in [-0.2, 0) is 11.3 Å². The van der Waals surface area contributed by atoms with Crippen molar-refractivity contribution in [3.63, 3.8) is 0 Å². The van der Waals surface area contributed by atoms with E-state index in [2.05, 4.69) is 15.5 Å². The summed E-state index contributed by atoms with van der Waals surface area (Å²) in [6.45, 7) is 0.574. The first-order valence-electron chi connectivity index (χ1n) is 10.9. The van der Waals surface area contributed by atoms with Crippen LogP contribution in [0.5, 0.6) is 0 Å². The van der Waals surface area contributed by atoms with Gasteiger partial charge in [0.2, 0.25) is 11.7 Å². The zero-order valence-corrected chi connectivity index (χ0v) is 19.1. The molecule has 5 aromatic rings. The lowest BCUT2D eigenvalue weighted by Gasteiger charge is -2.12. The average Bonchev–Trinajstić information content (AvgIpc) is 3.54. The largest absolute Gasteiger partial charge is 0.461 e. The Morgan fingerprint density at radius 1 is 0.853 bits per heavy atom. The van der Waals surface area contributed by atoms with Crippen molar-refractivity contribution in [3.05, 3.63) is 109 Å². The zero-order valence-electron chi connectivity index (χ0n) is 18.3. The predicted molar refractivity (Wildman–Crippen MR) is 134 cm³/mol. The Morgan fingerprint density at radius 3 is 2.35 bits per heavy atom. The van der Waals surface area contributed by atoms with Gasteiger partial charge in [0.25, 0.3) is 0 Å². The monoisotopic (exact) mass is 466 g/mol. The number of benzene rings is 3. The van der Waals surface area contributed by atoms with Crippen molar-refractivity contribution in [1.82, 2.24) is 14.8 Å². The second-order valence-electron chi connectivity index (χ2n) is 7.60. The van der Waals surface area contributed by atoms with Crippen molar-refractivity contribution in [2.75, 3.05) is 11.1 Å². The molecule has 0 fully saturated rings. The average molecular weight is 467 g/mol. The lowest BCUT2D eigenvalue weighted by Crippen LogP contribution is -2.15. The highest BCUT2D eigenvalue weighted by Gasteiger charge is 2.18. The molecule has 0 aliphatic heterocycles. The minimum atomic E-state index is -0.109. The molecule has 34 heavy (non-hydrogen) atoms. The fourth-order valence-corrected chi connectivity index (χ4v) is 4.41. The third kappa shape index (κ3) is 4.94. The maximum atomic E-state index is 12.9. The molecule has 7 heteroatoms. The first-order chi connectivity index (χ1) is 16.8. The normalized spacial score (nSPS) is 10.8. The summed E-state index contributed by atoms with van der Waals surface area (Å²) in [6.07, 6.45) is 1.61. The fraction of sp³-hybridized carbons (Fsp3) is 0.0741. The number of hydrogen-bond donors (Lipinski definition) is 1. The SMILES string of the molecule is O=C(CSc1nnc(-c2ccco2)n1Cc1ccccc1)Nc1ccccc1-c1ccccc1. The molecule has 0 radical (unpaired) electrons. The van der Waals surface area contributed by atoms with Crippen LogP contribution in [-0.4, -0.2) is 26.4 Å². The topological polar surface area (TPSA) is 73.0 Å². The Morgan fingerprint density at radius 2 is 1.59 bits per heavy atom. The van der Waals surface area contributed by atoms with Gasteiger partial charge in [-0.3, -0.25) is 9.36 Å². The second kappa shape index (κ2) is 10.2. The number of nitrogens with zero attached hydrogens (tertiary/aromatic N) is 3. The molecule has 0 saturated heterocycles. The summed E-state index contributed by atoms with van der Waals surface area (Å²) >= 11 is 1.35. The third-order valence-corrected chi connectivity index (χ3v) is 6.23. The molecular weight excluding hydrogens is 444 g/mol. The number of thioether (sulfide) groups is 1. The lowest BCUT2D eigenvalue weighted by atomic mass is 10.0. The predicted octanol–water partition coefficient (Wildman–Crippen LogP) is 5.98. The number of carbonyl (C=O) groups is 1. The van der Waals surface area contributed by atoms with Gasteiger partial charge in [-0.2, -0.15) is 0 Å². The molecule has 168 valence electrons. The number of carbonyl (C=O) groups excluding carboxylic acids is 1. The van der Waals surface area contributed by atoms with E-state index in [0.29, 0.717) is 23.3 Å². The van der Waals surface area contributed by atoms with E-state index in [1.807, 2.05) is 102 Å². The molecular formula is C27H22N4O2S. The molecule has 3 aromatic carbocycles. The molecule has 0 aliphatic carbocycles. The summed E-state index contributed by atoms with van der Waals surface area (Å²) < 4.78 is 7.54. The Kier molecular flexibility index (Phi) is 6.54. The molecule has 2 heterocycles. The number of hydrogen-bond acceptors (Lipinski definition) is 5. The summed E-state index contributed by atoms with van der Waals surface area (Å²) in [5.41, 5.74) is 3.92. The summed E-state index contributed by atoms with van der Waals surface area (Å²) in [5, 5.41) is 12.4. The van der Waals surface area contributed by atoms with Crippen molar-refractivity contribution >= 4 is 23.4 Å². The summed E-state index contributed by atoms with van der Waals surface area (Å²) in [7, 11) is 0. The summed E-state index contributed by atoms with van der Waals surface area (Å²) in [6, 6.07) is 31.6. The number of nitrogens with one attached hydrogen (secondary N) is 1. The van der Waals surface area contributed by atoms with Gasteiger partial charge < -0.3 is 9.73 Å². The van der Waals surface area contributed by atoms with Crippen molar-refractivity contribution < 1.29 is 9.21 Å². The molecule has 1 N–H and O–H groups in total. The van der Waals surface area contributed by atoms with E-state index in [0.717, 1.165) is 22.4 Å².